The Balaban J connectivity index is 2.73. The molecule has 0 unspecified atom stereocenters. The highest BCUT2D eigenvalue weighted by atomic mass is 16.5. The summed E-state index contributed by atoms with van der Waals surface area (Å²) >= 11 is 0. The van der Waals surface area contributed by atoms with Gasteiger partial charge in [-0.2, -0.15) is 0 Å². The predicted molar refractivity (Wildman–Crippen MR) is 80.7 cm³/mol. The zero-order chi connectivity index (χ0) is 15.7. The lowest BCUT2D eigenvalue weighted by atomic mass is 10.1. The molecule has 5 nitrogen and oxygen atoms in total. The van der Waals surface area contributed by atoms with Gasteiger partial charge in [0.25, 0.3) is 5.91 Å². The van der Waals surface area contributed by atoms with Gasteiger partial charge < -0.3 is 14.7 Å². The minimum Gasteiger partial charge on any atom is -0.497 e. The van der Waals surface area contributed by atoms with Crippen molar-refractivity contribution in [3.8, 4) is 5.75 Å². The maximum Gasteiger partial charge on any atom is 0.305 e. The molecule has 0 fully saturated rings. The van der Waals surface area contributed by atoms with E-state index in [2.05, 4.69) is 6.92 Å². The van der Waals surface area contributed by atoms with Crippen molar-refractivity contribution in [2.24, 2.45) is 0 Å². The third-order valence-corrected chi connectivity index (χ3v) is 3.25. The van der Waals surface area contributed by atoms with Crippen molar-refractivity contribution in [2.75, 3.05) is 20.2 Å². The molecular formula is C16H23NO4. The van der Waals surface area contributed by atoms with Crippen molar-refractivity contribution in [3.05, 3.63) is 29.8 Å². The third kappa shape index (κ3) is 5.85. The molecule has 0 saturated carbocycles. The number of carbonyl (C=O) groups excluding carboxylic acids is 1. The Kier molecular flexibility index (Phi) is 7.29. The van der Waals surface area contributed by atoms with Gasteiger partial charge in [0.2, 0.25) is 0 Å². The number of benzene rings is 1. The molecule has 0 aromatic heterocycles. The van der Waals surface area contributed by atoms with Crippen LogP contribution in [-0.2, 0) is 4.79 Å². The summed E-state index contributed by atoms with van der Waals surface area (Å²) in [6.07, 6.45) is 2.94. The summed E-state index contributed by atoms with van der Waals surface area (Å²) in [6.45, 7) is 2.92. The van der Waals surface area contributed by atoms with E-state index in [9.17, 15) is 9.59 Å². The molecular weight excluding hydrogens is 270 g/mol. The fraction of sp³-hybridized carbons (Fsp3) is 0.500. The van der Waals surface area contributed by atoms with E-state index in [0.717, 1.165) is 19.3 Å². The second-order valence-electron chi connectivity index (χ2n) is 4.87. The van der Waals surface area contributed by atoms with Crippen LogP contribution in [0, 0.1) is 0 Å². The van der Waals surface area contributed by atoms with Gasteiger partial charge in [0.05, 0.1) is 13.5 Å². The molecule has 0 atom stereocenters. The molecule has 116 valence electrons. The first-order valence-corrected chi connectivity index (χ1v) is 7.23. The first-order valence-electron chi connectivity index (χ1n) is 7.23. The van der Waals surface area contributed by atoms with Crippen molar-refractivity contribution < 1.29 is 19.4 Å². The van der Waals surface area contributed by atoms with E-state index in [-0.39, 0.29) is 18.9 Å². The maximum absolute atomic E-state index is 12.4. The second kappa shape index (κ2) is 9.00. The number of unbranched alkanes of at least 4 members (excludes halogenated alkanes) is 2. The normalized spacial score (nSPS) is 10.2. The van der Waals surface area contributed by atoms with Crippen LogP contribution in [0.5, 0.6) is 5.75 Å². The van der Waals surface area contributed by atoms with E-state index in [4.69, 9.17) is 9.84 Å². The molecule has 0 spiro atoms. The van der Waals surface area contributed by atoms with Crippen LogP contribution < -0.4 is 4.74 Å². The largest absolute Gasteiger partial charge is 0.497 e. The fourth-order valence-electron chi connectivity index (χ4n) is 2.01. The highest BCUT2D eigenvalue weighted by molar-refractivity contribution is 5.94. The molecule has 0 bridgehead atoms. The Morgan fingerprint density at radius 1 is 1.14 bits per heavy atom. The Labute approximate surface area is 125 Å². The van der Waals surface area contributed by atoms with Gasteiger partial charge in [0.15, 0.2) is 0 Å². The molecule has 1 aromatic carbocycles. The summed E-state index contributed by atoms with van der Waals surface area (Å²) < 4.78 is 5.07. The summed E-state index contributed by atoms with van der Waals surface area (Å²) in [5.41, 5.74) is 0.553. The van der Waals surface area contributed by atoms with Gasteiger partial charge in [-0.05, 0) is 30.7 Å². The van der Waals surface area contributed by atoms with E-state index in [0.29, 0.717) is 17.9 Å². The smallest absolute Gasteiger partial charge is 0.305 e. The predicted octanol–water partition coefficient (Wildman–Crippen LogP) is 2.80. The number of hydrogen-bond donors (Lipinski definition) is 1. The molecule has 1 amide bonds. The van der Waals surface area contributed by atoms with Crippen molar-refractivity contribution >= 4 is 11.9 Å². The molecule has 5 heteroatoms. The van der Waals surface area contributed by atoms with E-state index in [1.54, 1.807) is 36.3 Å². The van der Waals surface area contributed by atoms with Crippen molar-refractivity contribution in [3.63, 3.8) is 0 Å². The van der Waals surface area contributed by atoms with Crippen LogP contribution in [0.3, 0.4) is 0 Å². The number of ether oxygens (including phenoxy) is 1. The van der Waals surface area contributed by atoms with E-state index in [1.807, 2.05) is 0 Å². The van der Waals surface area contributed by atoms with Gasteiger partial charge in [0, 0.05) is 18.7 Å². The Hall–Kier alpha value is -2.04. The van der Waals surface area contributed by atoms with Crippen LogP contribution in [0.2, 0.25) is 0 Å². The van der Waals surface area contributed by atoms with Crippen molar-refractivity contribution in [2.45, 2.75) is 32.6 Å². The minimum atomic E-state index is -0.891. The number of methoxy groups -OCH3 is 1. The SMILES string of the molecule is CCCCCN(CCC(=O)O)C(=O)c1ccc(OC)cc1. The molecule has 0 heterocycles. The number of carboxylic acids is 1. The highest BCUT2D eigenvalue weighted by Crippen LogP contribution is 2.14. The number of nitrogens with zero attached hydrogens (tertiary/aromatic N) is 1. The van der Waals surface area contributed by atoms with Gasteiger partial charge in [-0.1, -0.05) is 19.8 Å². The minimum absolute atomic E-state index is 0.0337. The number of carboxylic acid groups (broad SMARTS) is 1. The van der Waals surface area contributed by atoms with Crippen LogP contribution in [0.1, 0.15) is 43.0 Å². The lowest BCUT2D eigenvalue weighted by Crippen LogP contribution is -2.34. The van der Waals surface area contributed by atoms with Crippen molar-refractivity contribution in [1.29, 1.82) is 0 Å². The Morgan fingerprint density at radius 2 is 1.81 bits per heavy atom. The maximum atomic E-state index is 12.4. The summed E-state index contributed by atoms with van der Waals surface area (Å²) in [4.78, 5) is 24.8. The van der Waals surface area contributed by atoms with Crippen LogP contribution in [0.15, 0.2) is 24.3 Å². The quantitative estimate of drug-likeness (QED) is 0.711. The van der Waals surface area contributed by atoms with Crippen LogP contribution >= 0.6 is 0 Å². The van der Waals surface area contributed by atoms with Crippen molar-refractivity contribution in [1.82, 2.24) is 4.90 Å². The van der Waals surface area contributed by atoms with Crippen LogP contribution in [-0.4, -0.2) is 42.1 Å². The van der Waals surface area contributed by atoms with Gasteiger partial charge in [-0.15, -0.1) is 0 Å². The third-order valence-electron chi connectivity index (χ3n) is 3.25. The average Bonchev–Trinajstić information content (AvgIpc) is 2.50. The second-order valence-corrected chi connectivity index (χ2v) is 4.87. The molecule has 0 aliphatic carbocycles. The number of rotatable bonds is 9. The molecule has 1 rings (SSSR count). The van der Waals surface area contributed by atoms with E-state index >= 15 is 0 Å². The van der Waals surface area contributed by atoms with Gasteiger partial charge >= 0.3 is 5.97 Å². The standard InChI is InChI=1S/C16H23NO4/c1-3-4-5-11-17(12-10-15(18)19)16(20)13-6-8-14(21-2)9-7-13/h6-9H,3-5,10-12H2,1-2H3,(H,18,19). The van der Waals surface area contributed by atoms with Crippen LogP contribution in [0.4, 0.5) is 0 Å². The monoisotopic (exact) mass is 293 g/mol. The zero-order valence-corrected chi connectivity index (χ0v) is 12.7. The molecule has 0 aliphatic rings. The molecule has 0 saturated heterocycles. The Morgan fingerprint density at radius 3 is 2.33 bits per heavy atom. The first-order chi connectivity index (χ1) is 10.1. The number of carbonyl (C=O) groups is 2. The van der Waals surface area contributed by atoms with Gasteiger partial charge in [0.1, 0.15) is 5.75 Å². The molecule has 1 N–H and O–H groups in total. The van der Waals surface area contributed by atoms with Gasteiger partial charge in [-0.25, -0.2) is 0 Å². The molecule has 1 aromatic rings. The molecule has 0 aliphatic heterocycles. The van der Waals surface area contributed by atoms with E-state index in [1.165, 1.54) is 0 Å². The summed E-state index contributed by atoms with van der Waals surface area (Å²) in [6, 6.07) is 6.87. The fourth-order valence-corrected chi connectivity index (χ4v) is 2.01. The average molecular weight is 293 g/mol. The topological polar surface area (TPSA) is 66.8 Å². The molecule has 0 radical (unpaired) electrons. The summed E-state index contributed by atoms with van der Waals surface area (Å²) in [7, 11) is 1.57. The highest BCUT2D eigenvalue weighted by Gasteiger charge is 2.16. The van der Waals surface area contributed by atoms with Gasteiger partial charge in [-0.3, -0.25) is 9.59 Å². The number of aliphatic carboxylic acids is 1. The number of hydrogen-bond acceptors (Lipinski definition) is 3. The first kappa shape index (κ1) is 17.0. The van der Waals surface area contributed by atoms with E-state index < -0.39 is 5.97 Å². The number of amides is 1. The Bertz CT molecular complexity index is 456. The zero-order valence-electron chi connectivity index (χ0n) is 12.7. The lowest BCUT2D eigenvalue weighted by Gasteiger charge is -2.22. The lowest BCUT2D eigenvalue weighted by molar-refractivity contribution is -0.137. The molecule has 21 heavy (non-hydrogen) atoms. The summed E-state index contributed by atoms with van der Waals surface area (Å²) in [5, 5.41) is 8.80. The van der Waals surface area contributed by atoms with Crippen LogP contribution in [0.25, 0.3) is 0 Å². The summed E-state index contributed by atoms with van der Waals surface area (Å²) in [5.74, 6) is -0.331.